The summed E-state index contributed by atoms with van der Waals surface area (Å²) in [5.74, 6) is -1.83. The molecule has 0 saturated heterocycles. The lowest BCUT2D eigenvalue weighted by atomic mass is 10.1. The van der Waals surface area contributed by atoms with Crippen LogP contribution >= 0.6 is 0 Å². The van der Waals surface area contributed by atoms with Crippen LogP contribution < -0.4 is 15.7 Å². The first-order chi connectivity index (χ1) is 13.6. The van der Waals surface area contributed by atoms with Gasteiger partial charge in [-0.05, 0) is 43.0 Å². The van der Waals surface area contributed by atoms with Crippen LogP contribution in [0.15, 0.2) is 66.4 Å². The van der Waals surface area contributed by atoms with Gasteiger partial charge in [-0.25, -0.2) is 0 Å². The molecule has 0 bridgehead atoms. The molecule has 0 spiro atoms. The first-order valence-electron chi connectivity index (χ1n) is 9.17. The van der Waals surface area contributed by atoms with E-state index in [1.807, 2.05) is 36.4 Å². The van der Waals surface area contributed by atoms with E-state index in [-0.39, 0.29) is 18.0 Å². The van der Waals surface area contributed by atoms with E-state index in [1.165, 1.54) is 0 Å². The van der Waals surface area contributed by atoms with Crippen molar-refractivity contribution in [3.8, 4) is 0 Å². The monoisotopic (exact) mass is 379 g/mol. The van der Waals surface area contributed by atoms with Crippen molar-refractivity contribution in [1.29, 1.82) is 0 Å². The van der Waals surface area contributed by atoms with Gasteiger partial charge in [0.1, 0.15) is 5.70 Å². The van der Waals surface area contributed by atoms with Gasteiger partial charge in [0.25, 0.3) is 11.8 Å². The predicted molar refractivity (Wildman–Crippen MR) is 105 cm³/mol. The number of aliphatic carboxylic acids is 1. The van der Waals surface area contributed by atoms with Gasteiger partial charge in [-0.3, -0.25) is 9.59 Å². The third-order valence-corrected chi connectivity index (χ3v) is 3.98. The molecule has 0 radical (unpaired) electrons. The molecular weight excluding hydrogens is 356 g/mol. The summed E-state index contributed by atoms with van der Waals surface area (Å²) in [7, 11) is 0. The van der Waals surface area contributed by atoms with Crippen molar-refractivity contribution < 1.29 is 19.5 Å². The lowest BCUT2D eigenvalue weighted by Crippen LogP contribution is -2.35. The van der Waals surface area contributed by atoms with Crippen LogP contribution in [-0.4, -0.2) is 24.3 Å². The third-order valence-electron chi connectivity index (χ3n) is 3.98. The van der Waals surface area contributed by atoms with Crippen molar-refractivity contribution in [2.24, 2.45) is 0 Å². The summed E-state index contributed by atoms with van der Waals surface area (Å²) >= 11 is 0. The first-order valence-corrected chi connectivity index (χ1v) is 9.17. The highest BCUT2D eigenvalue weighted by molar-refractivity contribution is 6.05. The van der Waals surface area contributed by atoms with Crippen molar-refractivity contribution in [2.75, 3.05) is 6.54 Å². The van der Waals surface area contributed by atoms with Gasteiger partial charge >= 0.3 is 0 Å². The van der Waals surface area contributed by atoms with E-state index in [2.05, 4.69) is 10.6 Å². The maximum atomic E-state index is 12.6. The molecule has 0 heterocycles. The van der Waals surface area contributed by atoms with Crippen LogP contribution in [0.3, 0.4) is 0 Å². The molecule has 2 amide bonds. The zero-order chi connectivity index (χ0) is 20.2. The van der Waals surface area contributed by atoms with Crippen molar-refractivity contribution in [2.45, 2.75) is 25.7 Å². The van der Waals surface area contributed by atoms with Crippen molar-refractivity contribution >= 4 is 23.9 Å². The lowest BCUT2D eigenvalue weighted by Gasteiger charge is -2.11. The van der Waals surface area contributed by atoms with Gasteiger partial charge in [-0.2, -0.15) is 0 Å². The number of amides is 2. The lowest BCUT2D eigenvalue weighted by molar-refractivity contribution is -0.305. The van der Waals surface area contributed by atoms with Crippen molar-refractivity contribution in [1.82, 2.24) is 10.6 Å². The number of hydrogen-bond acceptors (Lipinski definition) is 4. The minimum atomic E-state index is -1.07. The van der Waals surface area contributed by atoms with Crippen LogP contribution in [-0.2, 0) is 9.59 Å². The number of unbranched alkanes of at least 4 members (excludes halogenated alkanes) is 2. The smallest absolute Gasteiger partial charge is 0.267 e. The topological polar surface area (TPSA) is 98.3 Å². The van der Waals surface area contributed by atoms with Crippen LogP contribution in [0, 0.1) is 0 Å². The van der Waals surface area contributed by atoms with Crippen LogP contribution in [0.2, 0.25) is 0 Å². The van der Waals surface area contributed by atoms with Gasteiger partial charge in [0, 0.05) is 18.1 Å². The van der Waals surface area contributed by atoms with Crippen molar-refractivity contribution in [3.05, 3.63) is 77.5 Å². The maximum Gasteiger partial charge on any atom is 0.267 e. The Hall–Kier alpha value is -3.41. The van der Waals surface area contributed by atoms with E-state index in [1.54, 1.807) is 30.3 Å². The minimum absolute atomic E-state index is 0.0141. The summed E-state index contributed by atoms with van der Waals surface area (Å²) in [6.45, 7) is 0.388. The highest BCUT2D eigenvalue weighted by Gasteiger charge is 2.14. The molecule has 0 unspecified atom stereocenters. The Kier molecular flexibility index (Phi) is 8.46. The van der Waals surface area contributed by atoms with Crippen molar-refractivity contribution in [3.63, 3.8) is 0 Å². The molecule has 0 saturated carbocycles. The quantitative estimate of drug-likeness (QED) is 0.486. The Morgan fingerprint density at radius 2 is 1.50 bits per heavy atom. The van der Waals surface area contributed by atoms with Gasteiger partial charge in [-0.15, -0.1) is 0 Å². The summed E-state index contributed by atoms with van der Waals surface area (Å²) in [5.41, 5.74) is 1.39. The molecule has 146 valence electrons. The zero-order valence-electron chi connectivity index (χ0n) is 15.5. The number of carbonyl (C=O) groups excluding carboxylic acids is 3. The molecule has 2 aromatic carbocycles. The molecule has 0 aliphatic carbocycles. The molecule has 2 aromatic rings. The average Bonchev–Trinajstić information content (AvgIpc) is 2.71. The van der Waals surface area contributed by atoms with Gasteiger partial charge < -0.3 is 20.5 Å². The predicted octanol–water partition coefficient (Wildman–Crippen LogP) is 1.88. The molecule has 2 N–H and O–H groups in total. The molecular formula is C22H23N2O4-. The molecule has 2 rings (SSSR count). The second-order valence-corrected chi connectivity index (χ2v) is 6.23. The number of carbonyl (C=O) groups is 3. The van der Waals surface area contributed by atoms with Gasteiger partial charge in [0.15, 0.2) is 0 Å². The Morgan fingerprint density at radius 3 is 2.14 bits per heavy atom. The standard InChI is InChI=1S/C22H24N2O4/c25-20(26)14-8-3-9-15-23-22(28)19(16-17-10-4-1-5-11-17)24-21(27)18-12-6-2-7-13-18/h1-2,4-7,10-13,16H,3,8-9,14-15H2,(H,23,28)(H,24,27)(H,25,26)/p-1/b19-16-. The second-order valence-electron chi connectivity index (χ2n) is 6.23. The summed E-state index contributed by atoms with van der Waals surface area (Å²) < 4.78 is 0. The fourth-order valence-corrected chi connectivity index (χ4v) is 2.53. The molecule has 0 aliphatic heterocycles. The van der Waals surface area contributed by atoms with E-state index in [0.29, 0.717) is 31.4 Å². The number of carboxylic acids is 1. The van der Waals surface area contributed by atoms with E-state index in [0.717, 1.165) is 5.56 Å². The van der Waals surface area contributed by atoms with Crippen LogP contribution in [0.25, 0.3) is 6.08 Å². The average molecular weight is 379 g/mol. The van der Waals surface area contributed by atoms with E-state index in [9.17, 15) is 19.5 Å². The van der Waals surface area contributed by atoms with E-state index in [4.69, 9.17) is 0 Å². The molecule has 6 heteroatoms. The van der Waals surface area contributed by atoms with Crippen LogP contribution in [0.5, 0.6) is 0 Å². The number of rotatable bonds is 10. The maximum absolute atomic E-state index is 12.6. The summed E-state index contributed by atoms with van der Waals surface area (Å²) in [4.78, 5) is 35.4. The molecule has 0 atom stereocenters. The van der Waals surface area contributed by atoms with E-state index >= 15 is 0 Å². The molecule has 0 aliphatic rings. The number of carboxylic acid groups (broad SMARTS) is 1. The first kappa shape index (κ1) is 20.9. The Labute approximate surface area is 164 Å². The molecule has 28 heavy (non-hydrogen) atoms. The summed E-state index contributed by atoms with van der Waals surface area (Å²) in [6.07, 6.45) is 3.45. The van der Waals surface area contributed by atoms with Gasteiger partial charge in [-0.1, -0.05) is 55.0 Å². The fourth-order valence-electron chi connectivity index (χ4n) is 2.53. The Morgan fingerprint density at radius 1 is 0.857 bits per heavy atom. The largest absolute Gasteiger partial charge is 0.550 e. The molecule has 0 aromatic heterocycles. The Bertz CT molecular complexity index is 817. The normalized spacial score (nSPS) is 10.9. The molecule has 6 nitrogen and oxygen atoms in total. The highest BCUT2D eigenvalue weighted by Crippen LogP contribution is 2.07. The Balaban J connectivity index is 2.00. The number of benzene rings is 2. The SMILES string of the molecule is O=C([O-])CCCCCNC(=O)/C(=C/c1ccccc1)NC(=O)c1ccccc1. The third kappa shape index (κ3) is 7.45. The fraction of sp³-hybridized carbons (Fsp3) is 0.227. The van der Waals surface area contributed by atoms with Gasteiger partial charge in [0.05, 0.1) is 0 Å². The second kappa shape index (κ2) is 11.3. The van der Waals surface area contributed by atoms with Crippen LogP contribution in [0.4, 0.5) is 0 Å². The minimum Gasteiger partial charge on any atom is -0.550 e. The molecule has 0 fully saturated rings. The number of nitrogens with one attached hydrogen (secondary N) is 2. The highest BCUT2D eigenvalue weighted by atomic mass is 16.4. The summed E-state index contributed by atoms with van der Waals surface area (Å²) in [6, 6.07) is 17.9. The van der Waals surface area contributed by atoms with E-state index < -0.39 is 11.9 Å². The van der Waals surface area contributed by atoms with Gasteiger partial charge in [0.2, 0.25) is 0 Å². The summed E-state index contributed by atoms with van der Waals surface area (Å²) in [5, 5.41) is 15.8. The number of hydrogen-bond donors (Lipinski definition) is 2. The zero-order valence-corrected chi connectivity index (χ0v) is 15.5. The van der Waals surface area contributed by atoms with Crippen LogP contribution in [0.1, 0.15) is 41.6 Å².